The second kappa shape index (κ2) is 5.22. The average Bonchev–Trinajstić information content (AvgIpc) is 3.02. The summed E-state index contributed by atoms with van der Waals surface area (Å²) in [5.74, 6) is 0.116. The molecule has 0 saturated carbocycles. The Morgan fingerprint density at radius 3 is 3.05 bits per heavy atom. The van der Waals surface area contributed by atoms with Gasteiger partial charge in [-0.05, 0) is 31.4 Å². The summed E-state index contributed by atoms with van der Waals surface area (Å²) in [6.07, 6.45) is 3.10. The number of fused-ring (bicyclic) bond motifs is 1. The number of phenols is 1. The molecule has 21 heavy (non-hydrogen) atoms. The highest BCUT2D eigenvalue weighted by molar-refractivity contribution is 5.79. The van der Waals surface area contributed by atoms with Crippen molar-refractivity contribution >= 4 is 5.97 Å². The Hall–Kier alpha value is -1.75. The number of carboxylic acid groups (broad SMARTS) is 1. The quantitative estimate of drug-likeness (QED) is 0.892. The smallest absolute Gasteiger partial charge is 0.324 e. The molecule has 2 heterocycles. The SMILES string of the molecule is CCCC1(C(=O)O)CCCN1C1COc2cc(O)ccc21. The minimum atomic E-state index is -0.776. The lowest BCUT2D eigenvalue weighted by atomic mass is 9.89. The number of aliphatic carboxylic acids is 1. The molecule has 0 aliphatic carbocycles. The highest BCUT2D eigenvalue weighted by Crippen LogP contribution is 2.45. The van der Waals surface area contributed by atoms with Gasteiger partial charge in [0.1, 0.15) is 23.6 Å². The maximum atomic E-state index is 11.9. The van der Waals surface area contributed by atoms with Gasteiger partial charge in [-0.1, -0.05) is 13.3 Å². The summed E-state index contributed by atoms with van der Waals surface area (Å²) in [6, 6.07) is 5.05. The van der Waals surface area contributed by atoms with E-state index in [0.29, 0.717) is 25.2 Å². The Morgan fingerprint density at radius 2 is 2.33 bits per heavy atom. The Labute approximate surface area is 124 Å². The fraction of sp³-hybridized carbons (Fsp3) is 0.562. The molecule has 5 heteroatoms. The maximum Gasteiger partial charge on any atom is 0.324 e. The normalized spacial score (nSPS) is 28.3. The third kappa shape index (κ3) is 2.16. The molecule has 5 nitrogen and oxygen atoms in total. The molecule has 2 unspecified atom stereocenters. The van der Waals surface area contributed by atoms with Crippen molar-refractivity contribution in [3.8, 4) is 11.5 Å². The number of hydrogen-bond acceptors (Lipinski definition) is 4. The van der Waals surface area contributed by atoms with Crippen molar-refractivity contribution < 1.29 is 19.7 Å². The van der Waals surface area contributed by atoms with E-state index in [1.54, 1.807) is 12.1 Å². The van der Waals surface area contributed by atoms with Crippen molar-refractivity contribution in [3.05, 3.63) is 23.8 Å². The predicted molar refractivity (Wildman–Crippen MR) is 77.6 cm³/mol. The lowest BCUT2D eigenvalue weighted by Crippen LogP contribution is -2.52. The molecule has 0 aromatic heterocycles. The minimum Gasteiger partial charge on any atom is -0.508 e. The molecule has 2 atom stereocenters. The topological polar surface area (TPSA) is 70.0 Å². The first kappa shape index (κ1) is 14.2. The standard InChI is InChI=1S/C16H21NO4/c1-2-6-16(15(19)20)7-3-8-17(16)13-10-21-14-9-11(18)4-5-12(13)14/h4-5,9,13,18H,2-3,6-8,10H2,1H3,(H,19,20). The van der Waals surface area contributed by atoms with Crippen molar-refractivity contribution in [3.63, 3.8) is 0 Å². The van der Waals surface area contributed by atoms with Gasteiger partial charge in [0.25, 0.3) is 0 Å². The summed E-state index contributed by atoms with van der Waals surface area (Å²) in [7, 11) is 0. The van der Waals surface area contributed by atoms with Gasteiger partial charge >= 0.3 is 5.97 Å². The Kier molecular flexibility index (Phi) is 3.53. The number of nitrogens with zero attached hydrogens (tertiary/aromatic N) is 1. The van der Waals surface area contributed by atoms with Gasteiger partial charge < -0.3 is 14.9 Å². The zero-order chi connectivity index (χ0) is 15.0. The largest absolute Gasteiger partial charge is 0.508 e. The van der Waals surface area contributed by atoms with Gasteiger partial charge in [-0.25, -0.2) is 0 Å². The van der Waals surface area contributed by atoms with E-state index in [-0.39, 0.29) is 11.8 Å². The zero-order valence-electron chi connectivity index (χ0n) is 12.2. The van der Waals surface area contributed by atoms with E-state index < -0.39 is 11.5 Å². The van der Waals surface area contributed by atoms with Gasteiger partial charge in [0, 0.05) is 18.2 Å². The van der Waals surface area contributed by atoms with Crippen molar-refractivity contribution in [2.75, 3.05) is 13.2 Å². The van der Waals surface area contributed by atoms with Gasteiger partial charge in [0.05, 0.1) is 6.04 Å². The van der Waals surface area contributed by atoms with Crippen LogP contribution in [0.15, 0.2) is 18.2 Å². The van der Waals surface area contributed by atoms with Crippen LogP contribution in [0.1, 0.15) is 44.2 Å². The highest BCUT2D eigenvalue weighted by Gasteiger charge is 2.51. The predicted octanol–water partition coefficient (Wildman–Crippen LogP) is 2.55. The van der Waals surface area contributed by atoms with Crippen LogP contribution in [-0.2, 0) is 4.79 Å². The van der Waals surface area contributed by atoms with Crippen molar-refractivity contribution in [2.45, 2.75) is 44.2 Å². The van der Waals surface area contributed by atoms with E-state index >= 15 is 0 Å². The molecule has 0 radical (unpaired) electrons. The molecule has 1 saturated heterocycles. The number of rotatable bonds is 4. The molecule has 0 amide bonds. The van der Waals surface area contributed by atoms with Crippen LogP contribution >= 0.6 is 0 Å². The van der Waals surface area contributed by atoms with Gasteiger partial charge in [-0.3, -0.25) is 9.69 Å². The van der Waals surface area contributed by atoms with E-state index in [1.165, 1.54) is 0 Å². The third-order valence-corrected chi connectivity index (χ3v) is 4.73. The number of carboxylic acids is 1. The number of ether oxygens (including phenoxy) is 1. The third-order valence-electron chi connectivity index (χ3n) is 4.73. The van der Waals surface area contributed by atoms with E-state index in [4.69, 9.17) is 4.74 Å². The van der Waals surface area contributed by atoms with Crippen LogP contribution in [0.3, 0.4) is 0 Å². The number of phenolic OH excluding ortho intramolecular Hbond substituents is 1. The Balaban J connectivity index is 1.96. The minimum absolute atomic E-state index is 0.0363. The monoisotopic (exact) mass is 291 g/mol. The zero-order valence-corrected chi connectivity index (χ0v) is 12.2. The molecule has 1 fully saturated rings. The number of likely N-dealkylation sites (tertiary alicyclic amines) is 1. The molecular weight excluding hydrogens is 270 g/mol. The number of aromatic hydroxyl groups is 1. The lowest BCUT2D eigenvalue weighted by molar-refractivity contribution is -0.152. The van der Waals surface area contributed by atoms with Crippen LogP contribution in [0, 0.1) is 0 Å². The summed E-state index contributed by atoms with van der Waals surface area (Å²) in [6.45, 7) is 3.26. The molecule has 0 bridgehead atoms. The number of carbonyl (C=O) groups is 1. The van der Waals surface area contributed by atoms with E-state index in [9.17, 15) is 15.0 Å². The average molecular weight is 291 g/mol. The van der Waals surface area contributed by atoms with E-state index in [2.05, 4.69) is 4.90 Å². The molecular formula is C16H21NO4. The van der Waals surface area contributed by atoms with Crippen molar-refractivity contribution in [1.82, 2.24) is 4.90 Å². The molecule has 3 rings (SSSR count). The summed E-state index contributed by atoms with van der Waals surface area (Å²) in [4.78, 5) is 14.0. The van der Waals surface area contributed by atoms with Crippen molar-refractivity contribution in [1.29, 1.82) is 0 Å². The van der Waals surface area contributed by atoms with Crippen LogP contribution < -0.4 is 4.74 Å². The summed E-state index contributed by atoms with van der Waals surface area (Å²) in [5, 5.41) is 19.3. The molecule has 114 valence electrons. The molecule has 1 aromatic rings. The van der Waals surface area contributed by atoms with E-state index in [1.807, 2.05) is 13.0 Å². The van der Waals surface area contributed by atoms with Gasteiger partial charge in [-0.2, -0.15) is 0 Å². The lowest BCUT2D eigenvalue weighted by Gasteiger charge is -2.38. The van der Waals surface area contributed by atoms with Gasteiger partial charge in [0.15, 0.2) is 0 Å². The molecule has 0 spiro atoms. The summed E-state index contributed by atoms with van der Waals surface area (Å²) < 4.78 is 5.66. The van der Waals surface area contributed by atoms with E-state index in [0.717, 1.165) is 24.9 Å². The fourth-order valence-electron chi connectivity index (χ4n) is 3.81. The Bertz CT molecular complexity index is 559. The second-order valence-corrected chi connectivity index (χ2v) is 5.93. The second-order valence-electron chi connectivity index (χ2n) is 5.93. The molecule has 2 aliphatic heterocycles. The van der Waals surface area contributed by atoms with Gasteiger partial charge in [-0.15, -0.1) is 0 Å². The maximum absolute atomic E-state index is 11.9. The molecule has 2 N–H and O–H groups in total. The van der Waals surface area contributed by atoms with Crippen LogP contribution in [0.5, 0.6) is 11.5 Å². The van der Waals surface area contributed by atoms with Crippen LogP contribution in [0.25, 0.3) is 0 Å². The first-order valence-electron chi connectivity index (χ1n) is 7.54. The summed E-state index contributed by atoms with van der Waals surface area (Å²) >= 11 is 0. The van der Waals surface area contributed by atoms with Crippen LogP contribution in [0.4, 0.5) is 0 Å². The Morgan fingerprint density at radius 1 is 1.52 bits per heavy atom. The van der Waals surface area contributed by atoms with Crippen LogP contribution in [-0.4, -0.2) is 39.8 Å². The number of hydrogen-bond donors (Lipinski definition) is 2. The molecule has 2 aliphatic rings. The summed E-state index contributed by atoms with van der Waals surface area (Å²) in [5.41, 5.74) is 0.207. The van der Waals surface area contributed by atoms with Crippen LogP contribution in [0.2, 0.25) is 0 Å². The fourth-order valence-corrected chi connectivity index (χ4v) is 3.81. The first-order chi connectivity index (χ1) is 10.1. The first-order valence-corrected chi connectivity index (χ1v) is 7.54. The number of benzene rings is 1. The highest BCUT2D eigenvalue weighted by atomic mass is 16.5. The molecule has 1 aromatic carbocycles. The van der Waals surface area contributed by atoms with Gasteiger partial charge in [0.2, 0.25) is 0 Å². The van der Waals surface area contributed by atoms with Crippen molar-refractivity contribution in [2.24, 2.45) is 0 Å².